The minimum Gasteiger partial charge on any atom is -0.488 e. The molecular formula is C27H33F3O6S2. The van der Waals surface area contributed by atoms with Crippen molar-refractivity contribution in [3.8, 4) is 33.8 Å². The summed E-state index contributed by atoms with van der Waals surface area (Å²) < 4.78 is 72.5. The molecule has 0 fully saturated rings. The second-order valence-corrected chi connectivity index (χ2v) is 11.3. The van der Waals surface area contributed by atoms with E-state index < -0.39 is 17.1 Å². The molecule has 6 nitrogen and oxygen atoms in total. The molecule has 0 atom stereocenters. The number of hydrogen-bond donors (Lipinski definition) is 3. The van der Waals surface area contributed by atoms with Crippen LogP contribution in [0.2, 0.25) is 0 Å². The average Bonchev–Trinajstić information content (AvgIpc) is 2.71. The smallest absolute Gasteiger partial charge is 0.394 e. The largest absolute Gasteiger partial charge is 0.488 e. The number of ether oxygens (including phenoxy) is 2. The number of hydrogen-bond acceptors (Lipinski definition) is 5. The Balaban J connectivity index is 0.000000694. The highest BCUT2D eigenvalue weighted by molar-refractivity contribution is 7.80. The molecule has 3 aromatic rings. The Kier molecular flexibility index (Phi) is 12.2. The minimum atomic E-state index is -4.67. The van der Waals surface area contributed by atoms with Gasteiger partial charge >= 0.3 is 17.1 Å². The molecule has 210 valence electrons. The van der Waals surface area contributed by atoms with E-state index in [1.54, 1.807) is 0 Å². The molecule has 0 aliphatic carbocycles. The Morgan fingerprint density at radius 2 is 1.05 bits per heavy atom. The van der Waals surface area contributed by atoms with Gasteiger partial charge in [-0.05, 0) is 88.6 Å². The number of alkyl halides is 3. The van der Waals surface area contributed by atoms with Crippen LogP contribution in [-0.4, -0.2) is 35.4 Å². The standard InChI is InChI=1S/C26H30O2S.CHF3.H2O4S/c1-25(2,3)27-20-14-10-18(11-15-20)22-8-7-9-23(29)24(22)19-12-16-21(17-13-19)28-26(4,5)6;2-1(3)4;1-5(2,3)4/h7-17,29H,1-6H3;1H;(H2,1,2,3,4). The van der Waals surface area contributed by atoms with Crippen molar-refractivity contribution in [1.82, 2.24) is 0 Å². The van der Waals surface area contributed by atoms with Crippen molar-refractivity contribution in [2.24, 2.45) is 0 Å². The lowest BCUT2D eigenvalue weighted by Crippen LogP contribution is -2.22. The molecule has 0 saturated heterocycles. The van der Waals surface area contributed by atoms with Crippen molar-refractivity contribution in [3.63, 3.8) is 0 Å². The van der Waals surface area contributed by atoms with Crippen LogP contribution in [0.25, 0.3) is 22.3 Å². The van der Waals surface area contributed by atoms with E-state index in [1.807, 2.05) is 36.4 Å². The molecule has 0 aliphatic rings. The van der Waals surface area contributed by atoms with E-state index in [9.17, 15) is 13.2 Å². The zero-order valence-electron chi connectivity index (χ0n) is 21.9. The Bertz CT molecular complexity index is 1240. The molecule has 0 unspecified atom stereocenters. The Morgan fingerprint density at radius 3 is 1.39 bits per heavy atom. The molecule has 0 heterocycles. The lowest BCUT2D eigenvalue weighted by Gasteiger charge is -2.22. The number of halogens is 3. The van der Waals surface area contributed by atoms with E-state index >= 15 is 0 Å². The topological polar surface area (TPSA) is 93.1 Å². The zero-order valence-corrected chi connectivity index (χ0v) is 23.7. The summed E-state index contributed by atoms with van der Waals surface area (Å²) in [4.78, 5) is 0.946. The first-order valence-corrected chi connectivity index (χ1v) is 13.1. The van der Waals surface area contributed by atoms with E-state index in [0.717, 1.165) is 38.6 Å². The van der Waals surface area contributed by atoms with Gasteiger partial charge in [-0.2, -0.15) is 21.6 Å². The van der Waals surface area contributed by atoms with Crippen LogP contribution in [-0.2, 0) is 10.4 Å². The lowest BCUT2D eigenvalue weighted by molar-refractivity contribution is 0.00818. The molecule has 0 amide bonds. The average molecular weight is 575 g/mol. The van der Waals surface area contributed by atoms with Crippen LogP contribution in [0.4, 0.5) is 13.2 Å². The fourth-order valence-corrected chi connectivity index (χ4v) is 3.52. The highest BCUT2D eigenvalue weighted by Gasteiger charge is 2.15. The van der Waals surface area contributed by atoms with Gasteiger partial charge in [0.2, 0.25) is 0 Å². The summed E-state index contributed by atoms with van der Waals surface area (Å²) in [6, 6.07) is 22.7. The van der Waals surface area contributed by atoms with Gasteiger partial charge in [-0.15, -0.1) is 12.6 Å². The molecule has 11 heteroatoms. The molecule has 0 aliphatic heterocycles. The van der Waals surface area contributed by atoms with Crippen LogP contribution in [0, 0.1) is 0 Å². The fourth-order valence-electron chi connectivity index (χ4n) is 3.18. The van der Waals surface area contributed by atoms with Crippen LogP contribution >= 0.6 is 12.6 Å². The van der Waals surface area contributed by atoms with E-state index in [0.29, 0.717) is 0 Å². The van der Waals surface area contributed by atoms with Gasteiger partial charge in [0.15, 0.2) is 0 Å². The third-order valence-electron chi connectivity index (χ3n) is 4.20. The summed E-state index contributed by atoms with van der Waals surface area (Å²) in [5, 5.41) is 0. The normalized spacial score (nSPS) is 11.6. The number of rotatable bonds is 4. The van der Waals surface area contributed by atoms with E-state index in [-0.39, 0.29) is 11.2 Å². The van der Waals surface area contributed by atoms with Gasteiger partial charge in [-0.25, -0.2) is 0 Å². The Morgan fingerprint density at radius 1 is 0.711 bits per heavy atom. The third kappa shape index (κ3) is 14.3. The van der Waals surface area contributed by atoms with Gasteiger partial charge in [0, 0.05) is 10.5 Å². The molecule has 0 saturated carbocycles. The van der Waals surface area contributed by atoms with Crippen molar-refractivity contribution in [2.75, 3.05) is 0 Å². The Hall–Kier alpha value is -2.73. The maximum Gasteiger partial charge on any atom is 0.394 e. The van der Waals surface area contributed by atoms with Crippen molar-refractivity contribution in [1.29, 1.82) is 0 Å². The molecule has 0 spiro atoms. The molecule has 0 radical (unpaired) electrons. The van der Waals surface area contributed by atoms with Crippen LogP contribution in [0.15, 0.2) is 71.6 Å². The molecule has 0 bridgehead atoms. The zero-order chi connectivity index (χ0) is 29.3. The van der Waals surface area contributed by atoms with E-state index in [4.69, 9.17) is 39.6 Å². The summed E-state index contributed by atoms with van der Waals surface area (Å²) in [6.45, 7) is 8.64. The quantitative estimate of drug-likeness (QED) is 0.215. The summed E-state index contributed by atoms with van der Waals surface area (Å²) in [5.74, 6) is 1.73. The van der Waals surface area contributed by atoms with Crippen LogP contribution in [0.5, 0.6) is 11.5 Å². The molecule has 0 aromatic heterocycles. The minimum absolute atomic E-state index is 0.214. The molecule has 3 aromatic carbocycles. The second-order valence-electron chi connectivity index (χ2n) is 9.87. The van der Waals surface area contributed by atoms with Crippen molar-refractivity contribution < 1.29 is 40.2 Å². The number of thiol groups is 1. The van der Waals surface area contributed by atoms with Gasteiger partial charge in [0.1, 0.15) is 22.7 Å². The lowest BCUT2D eigenvalue weighted by atomic mass is 9.94. The summed E-state index contributed by atoms with van der Waals surface area (Å²) >= 11 is 4.74. The maximum atomic E-state index is 9.67. The monoisotopic (exact) mass is 574 g/mol. The molecular weight excluding hydrogens is 541 g/mol. The number of benzene rings is 3. The molecule has 2 N–H and O–H groups in total. The third-order valence-corrected chi connectivity index (χ3v) is 4.57. The van der Waals surface area contributed by atoms with Gasteiger partial charge in [-0.3, -0.25) is 9.11 Å². The predicted octanol–water partition coefficient (Wildman–Crippen LogP) is 8.19. The second kappa shape index (κ2) is 13.9. The first-order valence-electron chi connectivity index (χ1n) is 11.3. The van der Waals surface area contributed by atoms with Crippen LogP contribution in [0.3, 0.4) is 0 Å². The predicted molar refractivity (Wildman–Crippen MR) is 147 cm³/mol. The SMILES string of the molecule is CC(C)(C)Oc1ccc(-c2cccc(S)c2-c2ccc(OC(C)(C)C)cc2)cc1.FC(F)F.O=S(=O)(O)O. The van der Waals surface area contributed by atoms with Crippen LogP contribution < -0.4 is 9.47 Å². The summed E-state index contributed by atoms with van der Waals surface area (Å²) in [6.07, 6.45) is 0. The highest BCUT2D eigenvalue weighted by Crippen LogP contribution is 2.38. The Labute approximate surface area is 227 Å². The molecule has 3 rings (SSSR count). The summed E-state index contributed by atoms with van der Waals surface area (Å²) in [5.41, 5.74) is 4.07. The summed E-state index contributed by atoms with van der Waals surface area (Å²) in [7, 11) is -4.67. The first kappa shape index (κ1) is 33.3. The molecule has 38 heavy (non-hydrogen) atoms. The van der Waals surface area contributed by atoms with Crippen molar-refractivity contribution in [3.05, 3.63) is 66.7 Å². The van der Waals surface area contributed by atoms with E-state index in [1.165, 1.54) is 0 Å². The fraction of sp³-hybridized carbons (Fsp3) is 0.333. The van der Waals surface area contributed by atoms with Crippen molar-refractivity contribution >= 4 is 23.0 Å². The highest BCUT2D eigenvalue weighted by atomic mass is 32.3. The van der Waals surface area contributed by atoms with Crippen LogP contribution in [0.1, 0.15) is 41.5 Å². The van der Waals surface area contributed by atoms with Gasteiger partial charge < -0.3 is 9.47 Å². The first-order chi connectivity index (χ1) is 17.2. The van der Waals surface area contributed by atoms with Gasteiger partial charge in [0.25, 0.3) is 0 Å². The van der Waals surface area contributed by atoms with Crippen molar-refractivity contribution in [2.45, 2.75) is 64.3 Å². The van der Waals surface area contributed by atoms with Gasteiger partial charge in [-0.1, -0.05) is 36.4 Å². The maximum absolute atomic E-state index is 9.67. The van der Waals surface area contributed by atoms with Gasteiger partial charge in [0.05, 0.1) is 0 Å². The van der Waals surface area contributed by atoms with E-state index in [2.05, 4.69) is 71.9 Å².